The van der Waals surface area contributed by atoms with Gasteiger partial charge in [-0.1, -0.05) is 30.0 Å². The zero-order valence-electron chi connectivity index (χ0n) is 7.64. The first-order chi connectivity index (χ1) is 7.22. The Morgan fingerprint density at radius 2 is 2.33 bits per heavy atom. The van der Waals surface area contributed by atoms with Crippen LogP contribution < -0.4 is 4.90 Å². The van der Waals surface area contributed by atoms with E-state index in [9.17, 15) is 4.79 Å². The Bertz CT molecular complexity index is 463. The number of anilines is 1. The number of carbonyl (C=O) groups is 1. The van der Waals surface area contributed by atoms with Gasteiger partial charge in [-0.05, 0) is 18.2 Å². The van der Waals surface area contributed by atoms with Gasteiger partial charge in [0.25, 0.3) is 0 Å². The Balaban J connectivity index is 2.41. The van der Waals surface area contributed by atoms with Crippen LogP contribution in [0.25, 0.3) is 0 Å². The molecule has 0 aliphatic carbocycles. The van der Waals surface area contributed by atoms with Crippen LogP contribution in [0.5, 0.6) is 0 Å². The highest BCUT2D eigenvalue weighted by molar-refractivity contribution is 8.24. The molecule has 1 aliphatic heterocycles. The largest absolute Gasteiger partial charge is 0.273 e. The molecule has 0 atom stereocenters. The summed E-state index contributed by atoms with van der Waals surface area (Å²) in [6, 6.07) is 8.91. The lowest BCUT2D eigenvalue weighted by Gasteiger charge is -2.14. The highest BCUT2D eigenvalue weighted by atomic mass is 32.2. The van der Waals surface area contributed by atoms with Crippen molar-refractivity contribution in [2.24, 2.45) is 0 Å². The third kappa shape index (κ3) is 1.87. The molecule has 1 fully saturated rings. The maximum absolute atomic E-state index is 11.5. The average Bonchev–Trinajstić information content (AvgIpc) is 2.59. The van der Waals surface area contributed by atoms with Crippen LogP contribution in [-0.4, -0.2) is 16.0 Å². The first-order valence-corrected chi connectivity index (χ1v) is 5.61. The Morgan fingerprint density at radius 3 is 2.93 bits per heavy atom. The number of rotatable bonds is 1. The lowest BCUT2D eigenvalue weighted by atomic mass is 10.2. The molecule has 0 spiro atoms. The molecule has 0 unspecified atom stereocenters. The number of nitrogens with zero attached hydrogens (tertiary/aromatic N) is 2. The smallest absolute Gasteiger partial charge is 0.243 e. The van der Waals surface area contributed by atoms with Crippen LogP contribution in [0.2, 0.25) is 0 Å². The van der Waals surface area contributed by atoms with E-state index in [4.69, 9.17) is 17.5 Å². The predicted octanol–water partition coefficient (Wildman–Crippen LogP) is 1.92. The van der Waals surface area contributed by atoms with Crippen molar-refractivity contribution >= 4 is 39.9 Å². The molecule has 2 rings (SSSR count). The number of benzene rings is 1. The quantitative estimate of drug-likeness (QED) is 0.696. The molecule has 3 nitrogen and oxygen atoms in total. The molecule has 5 heteroatoms. The maximum Gasteiger partial charge on any atom is 0.243 e. The van der Waals surface area contributed by atoms with Gasteiger partial charge in [-0.3, -0.25) is 9.69 Å². The average molecular weight is 234 g/mol. The van der Waals surface area contributed by atoms with Crippen LogP contribution >= 0.6 is 24.0 Å². The van der Waals surface area contributed by atoms with Crippen molar-refractivity contribution in [1.29, 1.82) is 5.26 Å². The Morgan fingerprint density at radius 1 is 1.53 bits per heavy atom. The van der Waals surface area contributed by atoms with Crippen molar-refractivity contribution in [2.45, 2.75) is 0 Å². The van der Waals surface area contributed by atoms with Gasteiger partial charge in [-0.15, -0.1) is 0 Å². The lowest BCUT2D eigenvalue weighted by Crippen LogP contribution is -2.27. The van der Waals surface area contributed by atoms with E-state index >= 15 is 0 Å². The van der Waals surface area contributed by atoms with Gasteiger partial charge in [0.05, 0.1) is 23.1 Å². The molecule has 0 bridgehead atoms. The molecule has 0 N–H and O–H groups in total. The van der Waals surface area contributed by atoms with E-state index in [0.29, 0.717) is 21.3 Å². The predicted molar refractivity (Wildman–Crippen MR) is 63.7 cm³/mol. The molecule has 0 saturated carbocycles. The van der Waals surface area contributed by atoms with Gasteiger partial charge in [-0.2, -0.15) is 5.26 Å². The van der Waals surface area contributed by atoms with E-state index in [1.54, 1.807) is 24.3 Å². The van der Waals surface area contributed by atoms with Crippen molar-refractivity contribution in [3.8, 4) is 6.07 Å². The summed E-state index contributed by atoms with van der Waals surface area (Å²) in [5.74, 6) is 0.357. The normalized spacial score (nSPS) is 15.5. The second-order valence-corrected chi connectivity index (χ2v) is 4.56. The number of thioether (sulfide) groups is 1. The van der Waals surface area contributed by atoms with Gasteiger partial charge < -0.3 is 0 Å². The molecule has 1 aromatic carbocycles. The van der Waals surface area contributed by atoms with Crippen LogP contribution in [0.4, 0.5) is 5.69 Å². The Hall–Kier alpha value is -1.38. The molecule has 15 heavy (non-hydrogen) atoms. The molecule has 1 aliphatic rings. The number of hydrogen-bond donors (Lipinski definition) is 0. The minimum atomic E-state index is -0.0277. The van der Waals surface area contributed by atoms with Crippen molar-refractivity contribution in [3.63, 3.8) is 0 Å². The van der Waals surface area contributed by atoms with Gasteiger partial charge in [0.1, 0.15) is 4.32 Å². The molecular weight excluding hydrogens is 228 g/mol. The first kappa shape index (κ1) is 10.1. The maximum atomic E-state index is 11.5. The zero-order valence-corrected chi connectivity index (χ0v) is 9.27. The van der Waals surface area contributed by atoms with Crippen LogP contribution in [0.15, 0.2) is 24.3 Å². The Kier molecular flexibility index (Phi) is 2.71. The summed E-state index contributed by atoms with van der Waals surface area (Å²) in [5, 5.41) is 8.75. The minimum absolute atomic E-state index is 0.0277. The van der Waals surface area contributed by atoms with Crippen LogP contribution in [0, 0.1) is 11.3 Å². The summed E-state index contributed by atoms with van der Waals surface area (Å²) in [6.45, 7) is 0. The Labute approximate surface area is 96.7 Å². The van der Waals surface area contributed by atoms with E-state index < -0.39 is 0 Å². The standard InChI is InChI=1S/C10H6N2OS2/c11-5-7-2-1-3-8(4-7)12-9(13)6-15-10(12)14/h1-4H,6H2. The van der Waals surface area contributed by atoms with E-state index in [1.807, 2.05) is 6.07 Å². The second-order valence-electron chi connectivity index (χ2n) is 2.95. The SMILES string of the molecule is N#Cc1cccc(N2C(=O)CSC2=S)c1. The van der Waals surface area contributed by atoms with E-state index in [-0.39, 0.29) is 5.91 Å². The summed E-state index contributed by atoms with van der Waals surface area (Å²) in [5.41, 5.74) is 1.20. The molecule has 1 saturated heterocycles. The fourth-order valence-electron chi connectivity index (χ4n) is 1.32. The van der Waals surface area contributed by atoms with Crippen molar-refractivity contribution in [2.75, 3.05) is 10.7 Å². The summed E-state index contributed by atoms with van der Waals surface area (Å²) in [4.78, 5) is 13.0. The minimum Gasteiger partial charge on any atom is -0.273 e. The zero-order chi connectivity index (χ0) is 10.8. The van der Waals surface area contributed by atoms with Crippen molar-refractivity contribution in [1.82, 2.24) is 0 Å². The van der Waals surface area contributed by atoms with Gasteiger partial charge >= 0.3 is 0 Å². The van der Waals surface area contributed by atoms with Crippen molar-refractivity contribution in [3.05, 3.63) is 29.8 Å². The summed E-state index contributed by atoms with van der Waals surface area (Å²) >= 11 is 6.41. The summed E-state index contributed by atoms with van der Waals surface area (Å²) < 4.78 is 0.551. The number of hydrogen-bond acceptors (Lipinski definition) is 4. The highest BCUT2D eigenvalue weighted by Crippen LogP contribution is 2.26. The number of carbonyl (C=O) groups excluding carboxylic acids is 1. The van der Waals surface area contributed by atoms with E-state index in [0.717, 1.165) is 0 Å². The molecule has 1 amide bonds. The van der Waals surface area contributed by atoms with Crippen LogP contribution in [0.3, 0.4) is 0 Å². The first-order valence-electron chi connectivity index (χ1n) is 4.22. The monoisotopic (exact) mass is 234 g/mol. The molecule has 1 heterocycles. The molecule has 0 radical (unpaired) electrons. The lowest BCUT2D eigenvalue weighted by molar-refractivity contribution is -0.115. The van der Waals surface area contributed by atoms with Gasteiger partial charge in [0.2, 0.25) is 5.91 Å². The summed E-state index contributed by atoms with van der Waals surface area (Å²) in [7, 11) is 0. The molecule has 0 aromatic heterocycles. The number of thiocarbonyl (C=S) groups is 1. The van der Waals surface area contributed by atoms with Gasteiger partial charge in [0.15, 0.2) is 0 Å². The fourth-order valence-corrected chi connectivity index (χ4v) is 2.41. The third-order valence-electron chi connectivity index (χ3n) is 1.98. The fraction of sp³-hybridized carbons (Fsp3) is 0.100. The third-order valence-corrected chi connectivity index (χ3v) is 3.34. The van der Waals surface area contributed by atoms with Crippen molar-refractivity contribution < 1.29 is 4.79 Å². The van der Waals surface area contributed by atoms with E-state index in [1.165, 1.54) is 16.7 Å². The van der Waals surface area contributed by atoms with Crippen LogP contribution in [0.1, 0.15) is 5.56 Å². The number of amides is 1. The molecular formula is C10H6N2OS2. The van der Waals surface area contributed by atoms with Gasteiger partial charge in [0, 0.05) is 0 Å². The molecule has 74 valence electrons. The molecule has 1 aromatic rings. The number of nitriles is 1. The topological polar surface area (TPSA) is 44.1 Å². The second kappa shape index (κ2) is 4.01. The van der Waals surface area contributed by atoms with Crippen LogP contribution in [-0.2, 0) is 4.79 Å². The van der Waals surface area contributed by atoms with Gasteiger partial charge in [-0.25, -0.2) is 0 Å². The summed E-state index contributed by atoms with van der Waals surface area (Å²) in [6.07, 6.45) is 0. The van der Waals surface area contributed by atoms with E-state index in [2.05, 4.69) is 0 Å². The highest BCUT2D eigenvalue weighted by Gasteiger charge is 2.27.